The van der Waals surface area contributed by atoms with E-state index in [4.69, 9.17) is 21.3 Å². The summed E-state index contributed by atoms with van der Waals surface area (Å²) in [6.45, 7) is 1.88. The minimum Gasteiger partial charge on any atom is -0.494 e. The lowest BCUT2D eigenvalue weighted by molar-refractivity contribution is 0.0961. The molecule has 4 aromatic rings. The molecule has 1 atom stereocenters. The van der Waals surface area contributed by atoms with Gasteiger partial charge in [0, 0.05) is 21.7 Å². The minimum absolute atomic E-state index is 0.259. The number of amides is 1. The summed E-state index contributed by atoms with van der Waals surface area (Å²) in [5.74, 6) is 0.980. The molecule has 0 aliphatic carbocycles. The third-order valence-electron chi connectivity index (χ3n) is 5.35. The molecule has 0 radical (unpaired) electrons. The van der Waals surface area contributed by atoms with Crippen LogP contribution in [0.1, 0.15) is 29.0 Å². The monoisotopic (exact) mass is 446 g/mol. The third kappa shape index (κ3) is 3.44. The third-order valence-corrected chi connectivity index (χ3v) is 5.61. The van der Waals surface area contributed by atoms with Crippen LogP contribution < -0.4 is 15.4 Å². The first-order valence-electron chi connectivity index (χ1n) is 9.93. The summed E-state index contributed by atoms with van der Waals surface area (Å²) in [5.41, 5.74) is 3.30. The summed E-state index contributed by atoms with van der Waals surface area (Å²) in [6.07, 6.45) is 1.47. The molecule has 2 N–H and O–H groups in total. The summed E-state index contributed by atoms with van der Waals surface area (Å²) in [4.78, 5) is 22.2. The zero-order valence-electron chi connectivity index (χ0n) is 17.3. The van der Waals surface area contributed by atoms with Gasteiger partial charge in [-0.25, -0.2) is 9.67 Å². The Labute approximate surface area is 188 Å². The van der Waals surface area contributed by atoms with Crippen molar-refractivity contribution >= 4 is 34.4 Å². The van der Waals surface area contributed by atoms with E-state index in [1.54, 1.807) is 36.1 Å². The number of para-hydroxylation sites is 1. The molecule has 2 aromatic heterocycles. The summed E-state index contributed by atoms with van der Waals surface area (Å²) in [5, 5.41) is 12.1. The van der Waals surface area contributed by atoms with Crippen LogP contribution in [0.5, 0.6) is 5.75 Å². The van der Waals surface area contributed by atoms with Gasteiger partial charge in [0.25, 0.3) is 5.91 Å². The van der Waals surface area contributed by atoms with E-state index in [-0.39, 0.29) is 5.91 Å². The fourth-order valence-electron chi connectivity index (χ4n) is 3.77. The maximum absolute atomic E-state index is 13.0. The van der Waals surface area contributed by atoms with Crippen LogP contribution in [0.3, 0.4) is 0 Å². The first-order chi connectivity index (χ1) is 15.5. The molecule has 32 heavy (non-hydrogen) atoms. The Bertz CT molecular complexity index is 1360. The molecule has 2 aromatic carbocycles. The van der Waals surface area contributed by atoms with E-state index in [1.807, 2.05) is 37.3 Å². The molecule has 1 amide bonds. The highest BCUT2D eigenvalue weighted by Gasteiger charge is 2.32. The number of fused-ring (bicyclic) bond motifs is 2. The first-order valence-corrected chi connectivity index (χ1v) is 10.3. The van der Waals surface area contributed by atoms with Crippen LogP contribution in [0.15, 0.2) is 72.3 Å². The Balaban J connectivity index is 1.60. The molecule has 8 nitrogen and oxygen atoms in total. The standard InChI is InChI=1S/C23H19ClN6O2/c1-13-19(29-22(31)15-6-9-16(24)10-7-15)21(30-23(27-13)25-12-26-30)17-11-8-14-4-3-5-18(32-2)20(14)28-17/h3-12,21H,1-2H3,(H,29,31)(H,25,26,27)/t21-/m1/s1. The van der Waals surface area contributed by atoms with Gasteiger partial charge >= 0.3 is 0 Å². The van der Waals surface area contributed by atoms with E-state index >= 15 is 0 Å². The zero-order chi connectivity index (χ0) is 22.2. The Kier molecular flexibility index (Phi) is 4.99. The number of nitrogens with zero attached hydrogens (tertiary/aromatic N) is 4. The topological polar surface area (TPSA) is 94.0 Å². The van der Waals surface area contributed by atoms with Crippen molar-refractivity contribution in [3.8, 4) is 5.75 Å². The number of carbonyl (C=O) groups is 1. The largest absolute Gasteiger partial charge is 0.494 e. The highest BCUT2D eigenvalue weighted by molar-refractivity contribution is 6.30. The molecule has 160 valence electrons. The number of pyridine rings is 1. The van der Waals surface area contributed by atoms with Gasteiger partial charge in [0.15, 0.2) is 0 Å². The summed E-state index contributed by atoms with van der Waals surface area (Å²) in [7, 11) is 1.62. The second kappa shape index (κ2) is 7.97. The molecule has 5 rings (SSSR count). The van der Waals surface area contributed by atoms with Gasteiger partial charge in [0.1, 0.15) is 23.6 Å². The number of methoxy groups -OCH3 is 1. The van der Waals surface area contributed by atoms with Gasteiger partial charge in [-0.15, -0.1) is 0 Å². The molecule has 0 saturated carbocycles. The minimum atomic E-state index is -0.487. The van der Waals surface area contributed by atoms with Gasteiger partial charge in [0.2, 0.25) is 5.95 Å². The van der Waals surface area contributed by atoms with Crippen LogP contribution in [-0.2, 0) is 0 Å². The Morgan fingerprint density at radius 2 is 1.97 bits per heavy atom. The van der Waals surface area contributed by atoms with Crippen LogP contribution in [0.2, 0.25) is 5.02 Å². The molecule has 0 saturated heterocycles. The number of hydrogen-bond donors (Lipinski definition) is 2. The number of hydrogen-bond acceptors (Lipinski definition) is 6. The second-order valence-corrected chi connectivity index (χ2v) is 7.76. The Morgan fingerprint density at radius 3 is 2.75 bits per heavy atom. The average molecular weight is 447 g/mol. The maximum Gasteiger partial charge on any atom is 0.255 e. The molecule has 0 bridgehead atoms. The quantitative estimate of drug-likeness (QED) is 0.488. The molecule has 1 aliphatic heterocycles. The molecule has 3 heterocycles. The molecular formula is C23H19ClN6O2. The van der Waals surface area contributed by atoms with Gasteiger partial charge in [-0.3, -0.25) is 4.79 Å². The fraction of sp³-hybridized carbons (Fsp3) is 0.130. The van der Waals surface area contributed by atoms with E-state index in [2.05, 4.69) is 20.7 Å². The van der Waals surface area contributed by atoms with Crippen molar-refractivity contribution in [2.75, 3.05) is 12.4 Å². The van der Waals surface area contributed by atoms with Crippen molar-refractivity contribution in [1.82, 2.24) is 25.1 Å². The number of nitrogens with one attached hydrogen (secondary N) is 2. The van der Waals surface area contributed by atoms with Gasteiger partial charge in [0.05, 0.1) is 18.5 Å². The van der Waals surface area contributed by atoms with E-state index in [0.29, 0.717) is 33.7 Å². The van der Waals surface area contributed by atoms with Crippen molar-refractivity contribution < 1.29 is 9.53 Å². The van der Waals surface area contributed by atoms with Gasteiger partial charge in [-0.05, 0) is 43.3 Å². The first kappa shape index (κ1) is 20.0. The predicted octanol–water partition coefficient (Wildman–Crippen LogP) is 4.16. The number of halogens is 1. The van der Waals surface area contributed by atoms with Crippen LogP contribution in [-0.4, -0.2) is 32.8 Å². The molecule has 1 aliphatic rings. The second-order valence-electron chi connectivity index (χ2n) is 7.32. The van der Waals surface area contributed by atoms with Crippen molar-refractivity contribution in [2.45, 2.75) is 13.0 Å². The zero-order valence-corrected chi connectivity index (χ0v) is 18.1. The van der Waals surface area contributed by atoms with E-state index in [9.17, 15) is 4.79 Å². The lowest BCUT2D eigenvalue weighted by Gasteiger charge is -2.29. The summed E-state index contributed by atoms with van der Waals surface area (Å²) < 4.78 is 7.20. The van der Waals surface area contributed by atoms with Crippen LogP contribution in [0.4, 0.5) is 5.95 Å². The smallest absolute Gasteiger partial charge is 0.255 e. The highest BCUT2D eigenvalue weighted by atomic mass is 35.5. The average Bonchev–Trinajstić information content (AvgIpc) is 3.27. The predicted molar refractivity (Wildman–Crippen MR) is 122 cm³/mol. The lowest BCUT2D eigenvalue weighted by Crippen LogP contribution is -2.35. The number of allylic oxidation sites excluding steroid dienone is 2. The number of anilines is 1. The van der Waals surface area contributed by atoms with Crippen molar-refractivity contribution in [2.24, 2.45) is 0 Å². The molecule has 0 spiro atoms. The van der Waals surface area contributed by atoms with Crippen molar-refractivity contribution in [1.29, 1.82) is 0 Å². The van der Waals surface area contributed by atoms with Gasteiger partial charge in [-0.2, -0.15) is 10.1 Å². The molecule has 0 unspecified atom stereocenters. The molecule has 9 heteroatoms. The fourth-order valence-corrected chi connectivity index (χ4v) is 3.90. The number of carbonyl (C=O) groups excluding carboxylic acids is 1. The van der Waals surface area contributed by atoms with Crippen LogP contribution in [0, 0.1) is 0 Å². The maximum atomic E-state index is 13.0. The number of benzene rings is 2. The number of aromatic nitrogens is 4. The van der Waals surface area contributed by atoms with Crippen molar-refractivity contribution in [3.63, 3.8) is 0 Å². The van der Waals surface area contributed by atoms with E-state index in [0.717, 1.165) is 16.6 Å². The van der Waals surface area contributed by atoms with Gasteiger partial charge in [-0.1, -0.05) is 29.8 Å². The van der Waals surface area contributed by atoms with E-state index in [1.165, 1.54) is 6.33 Å². The summed E-state index contributed by atoms with van der Waals surface area (Å²) >= 11 is 5.96. The van der Waals surface area contributed by atoms with Crippen molar-refractivity contribution in [3.05, 3.63) is 88.6 Å². The Hall–Kier alpha value is -3.91. The molecule has 0 fully saturated rings. The normalized spacial score (nSPS) is 15.3. The highest BCUT2D eigenvalue weighted by Crippen LogP contribution is 2.34. The van der Waals surface area contributed by atoms with Crippen LogP contribution in [0.25, 0.3) is 10.9 Å². The van der Waals surface area contributed by atoms with Crippen LogP contribution >= 0.6 is 11.6 Å². The summed E-state index contributed by atoms with van der Waals surface area (Å²) in [6, 6.07) is 15.9. The SMILES string of the molecule is COc1cccc2ccc([C@@H]3C(NC(=O)c4ccc(Cl)cc4)=C(C)Nc4ncnn43)nc12. The molecular weight excluding hydrogens is 428 g/mol. The Morgan fingerprint density at radius 1 is 1.16 bits per heavy atom. The lowest BCUT2D eigenvalue weighted by atomic mass is 10.0. The number of rotatable bonds is 4. The van der Waals surface area contributed by atoms with E-state index < -0.39 is 6.04 Å². The van der Waals surface area contributed by atoms with Gasteiger partial charge < -0.3 is 15.4 Å². The number of ether oxygens (including phenoxy) is 1.